The Morgan fingerprint density at radius 2 is 2.47 bits per heavy atom. The lowest BCUT2D eigenvalue weighted by Crippen LogP contribution is -2.47. The average molecular weight is 253 g/mol. The maximum absolute atomic E-state index is 12.2. The molecule has 1 saturated heterocycles. The number of rotatable bonds is 1. The third kappa shape index (κ3) is 1.57. The molecular formula is C10H11N3O3S. The Balaban J connectivity index is 2.05. The Hall–Kier alpha value is -1.34. The highest BCUT2D eigenvalue weighted by Crippen LogP contribution is 2.37. The quantitative estimate of drug-likeness (QED) is 0.764. The third-order valence-corrected chi connectivity index (χ3v) is 4.37. The molecule has 90 valence electrons. The van der Waals surface area contributed by atoms with Gasteiger partial charge in [0.2, 0.25) is 5.91 Å². The average Bonchev–Trinajstić information content (AvgIpc) is 2.73. The smallest absolute Gasteiger partial charge is 0.354 e. The van der Waals surface area contributed by atoms with Gasteiger partial charge in [-0.15, -0.1) is 0 Å². The molecule has 3 rings (SSSR count). The molecular weight excluding hydrogens is 242 g/mol. The van der Waals surface area contributed by atoms with E-state index in [-0.39, 0.29) is 22.9 Å². The van der Waals surface area contributed by atoms with Gasteiger partial charge in [0.15, 0.2) is 10.9 Å². The molecule has 17 heavy (non-hydrogen) atoms. The first kappa shape index (κ1) is 10.8. The van der Waals surface area contributed by atoms with Crippen LogP contribution in [0.15, 0.2) is 11.4 Å². The molecule has 0 radical (unpaired) electrons. The van der Waals surface area contributed by atoms with Gasteiger partial charge in [0.05, 0.1) is 17.5 Å². The number of carbonyl (C=O) groups is 2. The summed E-state index contributed by atoms with van der Waals surface area (Å²) in [4.78, 5) is 27.2. The second-order valence-corrected chi connectivity index (χ2v) is 5.25. The first-order valence-electron chi connectivity index (χ1n) is 5.44. The van der Waals surface area contributed by atoms with E-state index in [0.717, 1.165) is 19.4 Å². The molecule has 0 saturated carbocycles. The maximum Gasteiger partial charge on any atom is 0.354 e. The van der Waals surface area contributed by atoms with Crippen molar-refractivity contribution in [2.24, 2.45) is 5.92 Å². The summed E-state index contributed by atoms with van der Waals surface area (Å²) in [5, 5.41) is 12.8. The van der Waals surface area contributed by atoms with Crippen LogP contribution in [0.3, 0.4) is 0 Å². The van der Waals surface area contributed by atoms with Gasteiger partial charge < -0.3 is 10.4 Å². The van der Waals surface area contributed by atoms with Crippen molar-refractivity contribution < 1.29 is 14.7 Å². The van der Waals surface area contributed by atoms with Crippen LogP contribution in [0.2, 0.25) is 0 Å². The lowest BCUT2D eigenvalue weighted by atomic mass is 9.98. The molecule has 7 heteroatoms. The Bertz CT molecular complexity index is 499. The number of nitrogens with zero attached hydrogens (tertiary/aromatic N) is 2. The number of nitrogens with one attached hydrogen (secondary N) is 1. The van der Waals surface area contributed by atoms with Crippen LogP contribution >= 0.6 is 11.8 Å². The zero-order valence-electron chi connectivity index (χ0n) is 8.92. The van der Waals surface area contributed by atoms with E-state index >= 15 is 0 Å². The van der Waals surface area contributed by atoms with Crippen molar-refractivity contribution in [1.29, 1.82) is 0 Å². The number of imidazole rings is 1. The summed E-state index contributed by atoms with van der Waals surface area (Å²) in [5.74, 6) is -1.40. The monoisotopic (exact) mass is 253 g/mol. The SMILES string of the molecule is O=C(O)c1cnc2n1C(=O)C1CCCNC1S2. The molecule has 3 heterocycles. The number of carboxylic acids is 1. The maximum atomic E-state index is 12.2. The molecule has 2 N–H and O–H groups in total. The van der Waals surface area contributed by atoms with Gasteiger partial charge >= 0.3 is 5.97 Å². The van der Waals surface area contributed by atoms with Crippen LogP contribution in [0.25, 0.3) is 0 Å². The number of piperidine rings is 1. The number of aromatic carboxylic acids is 1. The number of thioether (sulfide) groups is 1. The predicted octanol–water partition coefficient (Wildman–Crippen LogP) is 0.653. The molecule has 2 atom stereocenters. The Morgan fingerprint density at radius 1 is 1.65 bits per heavy atom. The molecule has 2 unspecified atom stereocenters. The number of hydrogen-bond acceptors (Lipinski definition) is 5. The minimum atomic E-state index is -1.11. The first-order chi connectivity index (χ1) is 8.18. The van der Waals surface area contributed by atoms with Crippen LogP contribution in [-0.4, -0.2) is 38.5 Å². The van der Waals surface area contributed by atoms with Crippen molar-refractivity contribution in [3.63, 3.8) is 0 Å². The van der Waals surface area contributed by atoms with E-state index in [4.69, 9.17) is 5.11 Å². The predicted molar refractivity (Wildman–Crippen MR) is 60.2 cm³/mol. The molecule has 2 aliphatic heterocycles. The van der Waals surface area contributed by atoms with Crippen molar-refractivity contribution in [3.05, 3.63) is 11.9 Å². The summed E-state index contributed by atoms with van der Waals surface area (Å²) in [6, 6.07) is 0. The summed E-state index contributed by atoms with van der Waals surface area (Å²) >= 11 is 1.44. The van der Waals surface area contributed by atoms with Gasteiger partial charge in [-0.05, 0) is 19.4 Å². The van der Waals surface area contributed by atoms with Gasteiger partial charge in [-0.1, -0.05) is 11.8 Å². The van der Waals surface area contributed by atoms with Crippen LogP contribution in [0.5, 0.6) is 0 Å². The van der Waals surface area contributed by atoms with Crippen molar-refractivity contribution in [3.8, 4) is 0 Å². The van der Waals surface area contributed by atoms with Crippen molar-refractivity contribution in [2.75, 3.05) is 6.54 Å². The molecule has 0 spiro atoms. The van der Waals surface area contributed by atoms with E-state index in [1.165, 1.54) is 22.5 Å². The normalized spacial score (nSPS) is 27.4. The minimum absolute atomic E-state index is 0.0350. The Labute approximate surface area is 101 Å². The van der Waals surface area contributed by atoms with Crippen LogP contribution in [0.4, 0.5) is 0 Å². The number of carboxylic acid groups (broad SMARTS) is 1. The highest BCUT2D eigenvalue weighted by atomic mass is 32.2. The number of hydrogen-bond donors (Lipinski definition) is 2. The molecule has 6 nitrogen and oxygen atoms in total. The van der Waals surface area contributed by atoms with Crippen molar-refractivity contribution >= 4 is 23.6 Å². The second-order valence-electron chi connectivity index (χ2n) is 4.15. The van der Waals surface area contributed by atoms with E-state index in [0.29, 0.717) is 5.16 Å². The molecule has 2 aliphatic rings. The lowest BCUT2D eigenvalue weighted by molar-refractivity contribution is 0.0652. The standard InChI is InChI=1S/C10H11N3O3S/c14-8-5-2-1-3-11-7(5)17-10-12-4-6(9(15)16)13(8)10/h4-5,7,11H,1-3H2,(H,15,16). The van der Waals surface area contributed by atoms with Gasteiger partial charge in [-0.25, -0.2) is 9.78 Å². The van der Waals surface area contributed by atoms with E-state index in [1.54, 1.807) is 0 Å². The number of aromatic nitrogens is 2. The highest BCUT2D eigenvalue weighted by molar-refractivity contribution is 7.99. The Kier molecular flexibility index (Phi) is 2.44. The molecule has 1 aromatic rings. The van der Waals surface area contributed by atoms with Crippen LogP contribution in [0, 0.1) is 5.92 Å². The van der Waals surface area contributed by atoms with Gasteiger partial charge in [0.25, 0.3) is 0 Å². The molecule has 1 aromatic heterocycles. The summed E-state index contributed by atoms with van der Waals surface area (Å²) in [6.07, 6.45) is 3.00. The Morgan fingerprint density at radius 3 is 3.24 bits per heavy atom. The van der Waals surface area contributed by atoms with E-state index in [9.17, 15) is 9.59 Å². The van der Waals surface area contributed by atoms with Crippen molar-refractivity contribution in [1.82, 2.24) is 14.9 Å². The summed E-state index contributed by atoms with van der Waals surface area (Å²) < 4.78 is 1.24. The van der Waals surface area contributed by atoms with Gasteiger partial charge in [0, 0.05) is 0 Å². The fourth-order valence-electron chi connectivity index (χ4n) is 2.30. The molecule has 0 aliphatic carbocycles. The van der Waals surface area contributed by atoms with E-state index in [2.05, 4.69) is 10.3 Å². The fourth-order valence-corrected chi connectivity index (χ4v) is 3.55. The molecule has 0 bridgehead atoms. The minimum Gasteiger partial charge on any atom is -0.477 e. The topological polar surface area (TPSA) is 84.2 Å². The summed E-state index contributed by atoms with van der Waals surface area (Å²) in [5.41, 5.74) is -0.0403. The van der Waals surface area contributed by atoms with Gasteiger partial charge in [-0.3, -0.25) is 9.36 Å². The fraction of sp³-hybridized carbons (Fsp3) is 0.500. The van der Waals surface area contributed by atoms with Crippen LogP contribution in [-0.2, 0) is 0 Å². The molecule has 0 aromatic carbocycles. The van der Waals surface area contributed by atoms with Gasteiger partial charge in [0.1, 0.15) is 0 Å². The van der Waals surface area contributed by atoms with Crippen LogP contribution < -0.4 is 5.32 Å². The highest BCUT2D eigenvalue weighted by Gasteiger charge is 2.40. The number of fused-ring (bicyclic) bond motifs is 2. The van der Waals surface area contributed by atoms with Gasteiger partial charge in [-0.2, -0.15) is 0 Å². The zero-order valence-corrected chi connectivity index (χ0v) is 9.74. The largest absolute Gasteiger partial charge is 0.477 e. The van der Waals surface area contributed by atoms with E-state index < -0.39 is 5.97 Å². The zero-order chi connectivity index (χ0) is 12.0. The third-order valence-electron chi connectivity index (χ3n) is 3.12. The summed E-state index contributed by atoms with van der Waals surface area (Å²) in [7, 11) is 0. The molecule has 1 fully saturated rings. The first-order valence-corrected chi connectivity index (χ1v) is 6.32. The number of carbonyl (C=O) groups excluding carboxylic acids is 1. The van der Waals surface area contributed by atoms with Crippen LogP contribution in [0.1, 0.15) is 28.1 Å². The lowest BCUT2D eigenvalue weighted by Gasteiger charge is -2.34. The van der Waals surface area contributed by atoms with E-state index in [1.807, 2.05) is 0 Å². The second kappa shape index (κ2) is 3.85. The molecule has 0 amide bonds. The summed E-state index contributed by atoms with van der Waals surface area (Å²) in [6.45, 7) is 0.897. The van der Waals surface area contributed by atoms with Crippen molar-refractivity contribution in [2.45, 2.75) is 23.4 Å².